The minimum absolute atomic E-state index is 0.00147. The predicted octanol–water partition coefficient (Wildman–Crippen LogP) is 2.17. The molecule has 1 heterocycles. The number of hydrogen-bond donors (Lipinski definition) is 2. The monoisotopic (exact) mass is 316 g/mol. The second-order valence-corrected chi connectivity index (χ2v) is 5.24. The van der Waals surface area contributed by atoms with Gasteiger partial charge in [-0.25, -0.2) is 0 Å². The molecule has 0 radical (unpaired) electrons. The van der Waals surface area contributed by atoms with Gasteiger partial charge in [-0.05, 0) is 31.5 Å². The first-order valence-corrected chi connectivity index (χ1v) is 7.20. The van der Waals surface area contributed by atoms with Crippen LogP contribution in [0.25, 0.3) is 0 Å². The Morgan fingerprint density at radius 2 is 1.91 bits per heavy atom. The summed E-state index contributed by atoms with van der Waals surface area (Å²) in [5.41, 5.74) is -0.00957. The van der Waals surface area contributed by atoms with E-state index in [1.54, 1.807) is 6.07 Å². The van der Waals surface area contributed by atoms with E-state index in [1.165, 1.54) is 24.3 Å². The molecular weight excluding hydrogens is 297 g/mol. The highest BCUT2D eigenvalue weighted by Crippen LogP contribution is 2.35. The topological polar surface area (TPSA) is 50.4 Å². The van der Waals surface area contributed by atoms with Crippen LogP contribution in [-0.2, 0) is 9.53 Å². The van der Waals surface area contributed by atoms with Crippen molar-refractivity contribution in [3.05, 3.63) is 35.9 Å². The van der Waals surface area contributed by atoms with Crippen LogP contribution in [0.2, 0.25) is 0 Å². The summed E-state index contributed by atoms with van der Waals surface area (Å²) >= 11 is 0. The number of amides is 1. The van der Waals surface area contributed by atoms with Crippen molar-refractivity contribution < 1.29 is 22.7 Å². The molecule has 2 rings (SSSR count). The van der Waals surface area contributed by atoms with Crippen molar-refractivity contribution in [3.8, 4) is 0 Å². The van der Waals surface area contributed by atoms with Gasteiger partial charge in [-0.1, -0.05) is 30.3 Å². The summed E-state index contributed by atoms with van der Waals surface area (Å²) in [5.74, 6) is -0.517. The van der Waals surface area contributed by atoms with E-state index in [9.17, 15) is 18.0 Å². The highest BCUT2D eigenvalue weighted by molar-refractivity contribution is 5.77. The molecule has 0 unspecified atom stereocenters. The van der Waals surface area contributed by atoms with Crippen LogP contribution in [0.5, 0.6) is 0 Å². The van der Waals surface area contributed by atoms with Crippen molar-refractivity contribution in [2.24, 2.45) is 0 Å². The zero-order chi connectivity index (χ0) is 16.0. The Hall–Kier alpha value is -1.60. The minimum atomic E-state index is -4.56. The molecule has 0 spiro atoms. The molecule has 1 aromatic rings. The fourth-order valence-electron chi connectivity index (χ4n) is 2.40. The lowest BCUT2D eigenvalue weighted by Crippen LogP contribution is -2.44. The number of piperidine rings is 1. The van der Waals surface area contributed by atoms with Gasteiger partial charge in [-0.2, -0.15) is 13.2 Å². The van der Waals surface area contributed by atoms with Gasteiger partial charge in [-0.15, -0.1) is 0 Å². The molecule has 1 aromatic carbocycles. The van der Waals surface area contributed by atoms with Gasteiger partial charge >= 0.3 is 6.18 Å². The van der Waals surface area contributed by atoms with Crippen LogP contribution < -0.4 is 10.6 Å². The Labute approximate surface area is 127 Å². The maximum absolute atomic E-state index is 13.0. The summed E-state index contributed by atoms with van der Waals surface area (Å²) < 4.78 is 44.0. The molecule has 1 aliphatic rings. The van der Waals surface area contributed by atoms with Crippen molar-refractivity contribution in [1.29, 1.82) is 0 Å². The van der Waals surface area contributed by atoms with E-state index >= 15 is 0 Å². The predicted molar refractivity (Wildman–Crippen MR) is 75.2 cm³/mol. The first-order chi connectivity index (χ1) is 10.5. The van der Waals surface area contributed by atoms with Crippen LogP contribution in [0.1, 0.15) is 24.5 Å². The summed E-state index contributed by atoms with van der Waals surface area (Å²) in [6, 6.07) is 7.31. The van der Waals surface area contributed by atoms with Crippen LogP contribution >= 0.6 is 0 Å². The maximum atomic E-state index is 13.0. The largest absolute Gasteiger partial charge is 0.418 e. The van der Waals surface area contributed by atoms with Crippen molar-refractivity contribution in [2.75, 3.05) is 19.7 Å². The van der Waals surface area contributed by atoms with Crippen LogP contribution in [0.4, 0.5) is 13.2 Å². The molecule has 7 heteroatoms. The number of rotatable bonds is 5. The Balaban J connectivity index is 1.89. The number of carbonyl (C=O) groups is 1. The van der Waals surface area contributed by atoms with Gasteiger partial charge < -0.3 is 15.4 Å². The van der Waals surface area contributed by atoms with Gasteiger partial charge in [0.15, 0.2) is 6.10 Å². The average Bonchev–Trinajstić information content (AvgIpc) is 2.48. The van der Waals surface area contributed by atoms with Gasteiger partial charge in [0.05, 0.1) is 0 Å². The number of carbonyl (C=O) groups excluding carboxylic acids is 1. The van der Waals surface area contributed by atoms with Gasteiger partial charge in [0, 0.05) is 6.04 Å². The molecule has 22 heavy (non-hydrogen) atoms. The molecule has 0 saturated carbocycles. The summed E-state index contributed by atoms with van der Waals surface area (Å²) in [6.07, 6.45) is -5.11. The molecule has 4 nitrogen and oxygen atoms in total. The third-order valence-electron chi connectivity index (χ3n) is 3.48. The van der Waals surface area contributed by atoms with E-state index in [1.807, 2.05) is 0 Å². The fraction of sp³-hybridized carbons (Fsp3) is 0.533. The lowest BCUT2D eigenvalue weighted by atomic mass is 10.1. The highest BCUT2D eigenvalue weighted by Gasteiger charge is 2.42. The zero-order valence-corrected chi connectivity index (χ0v) is 12.0. The molecule has 1 aliphatic heterocycles. The van der Waals surface area contributed by atoms with Crippen LogP contribution in [0.3, 0.4) is 0 Å². The molecule has 122 valence electrons. The number of hydrogen-bond acceptors (Lipinski definition) is 3. The molecule has 1 amide bonds. The summed E-state index contributed by atoms with van der Waals surface area (Å²) in [6.45, 7) is 0.977. The maximum Gasteiger partial charge on any atom is 0.418 e. The van der Waals surface area contributed by atoms with Gasteiger partial charge in [0.2, 0.25) is 5.91 Å². The van der Waals surface area contributed by atoms with Crippen LogP contribution in [0.15, 0.2) is 30.3 Å². The zero-order valence-electron chi connectivity index (χ0n) is 12.0. The second kappa shape index (κ2) is 7.60. The molecular formula is C15H19F3N2O2. The first kappa shape index (κ1) is 16.8. The number of ether oxygens (including phenoxy) is 1. The van der Waals surface area contributed by atoms with Crippen molar-refractivity contribution >= 4 is 5.91 Å². The van der Waals surface area contributed by atoms with Crippen molar-refractivity contribution in [2.45, 2.75) is 31.2 Å². The van der Waals surface area contributed by atoms with E-state index in [-0.39, 0.29) is 11.6 Å². The minimum Gasteiger partial charge on any atom is -0.354 e. The van der Waals surface area contributed by atoms with Gasteiger partial charge in [0.25, 0.3) is 0 Å². The van der Waals surface area contributed by atoms with E-state index in [4.69, 9.17) is 4.74 Å². The van der Waals surface area contributed by atoms with E-state index in [2.05, 4.69) is 10.6 Å². The summed E-state index contributed by atoms with van der Waals surface area (Å²) in [4.78, 5) is 11.8. The third-order valence-corrected chi connectivity index (χ3v) is 3.48. The fourth-order valence-corrected chi connectivity index (χ4v) is 2.40. The first-order valence-electron chi connectivity index (χ1n) is 7.20. The number of halogens is 3. The van der Waals surface area contributed by atoms with Gasteiger partial charge in [-0.3, -0.25) is 4.79 Å². The Morgan fingerprint density at radius 1 is 1.27 bits per heavy atom. The number of nitrogens with one attached hydrogen (secondary N) is 2. The lowest BCUT2D eigenvalue weighted by molar-refractivity contribution is -0.223. The van der Waals surface area contributed by atoms with E-state index in [0.29, 0.717) is 0 Å². The Bertz CT molecular complexity index is 473. The summed E-state index contributed by atoms with van der Waals surface area (Å²) in [7, 11) is 0. The normalized spacial score (nSPS) is 18.0. The molecule has 0 aliphatic carbocycles. The molecule has 1 saturated heterocycles. The van der Waals surface area contributed by atoms with E-state index < -0.39 is 24.8 Å². The Kier molecular flexibility index (Phi) is 5.79. The SMILES string of the molecule is O=C(CO[C@H](c1ccccc1)C(F)(F)F)NC1CCNCC1. The molecule has 0 aromatic heterocycles. The summed E-state index contributed by atoms with van der Waals surface area (Å²) in [5, 5.41) is 5.85. The van der Waals surface area contributed by atoms with Crippen molar-refractivity contribution in [3.63, 3.8) is 0 Å². The van der Waals surface area contributed by atoms with Crippen molar-refractivity contribution in [1.82, 2.24) is 10.6 Å². The van der Waals surface area contributed by atoms with Crippen LogP contribution in [-0.4, -0.2) is 37.8 Å². The highest BCUT2D eigenvalue weighted by atomic mass is 19.4. The third kappa shape index (κ3) is 4.99. The quantitative estimate of drug-likeness (QED) is 0.875. The molecule has 1 fully saturated rings. The molecule has 1 atom stereocenters. The molecule has 0 bridgehead atoms. The average molecular weight is 316 g/mol. The second-order valence-electron chi connectivity index (χ2n) is 5.24. The van der Waals surface area contributed by atoms with Gasteiger partial charge in [0.1, 0.15) is 6.61 Å². The Morgan fingerprint density at radius 3 is 2.50 bits per heavy atom. The van der Waals surface area contributed by atoms with Crippen LogP contribution in [0, 0.1) is 0 Å². The standard InChI is InChI=1S/C15H19F3N2O2/c16-15(17,18)14(11-4-2-1-3-5-11)22-10-13(21)20-12-6-8-19-9-7-12/h1-5,12,14,19H,6-10H2,(H,20,21)/t14-/m1/s1. The van der Waals surface area contributed by atoms with E-state index in [0.717, 1.165) is 25.9 Å². The lowest BCUT2D eigenvalue weighted by Gasteiger charge is -2.25. The number of alkyl halides is 3. The number of benzene rings is 1. The smallest absolute Gasteiger partial charge is 0.354 e. The molecule has 2 N–H and O–H groups in total.